The van der Waals surface area contributed by atoms with Crippen LogP contribution in [0, 0.1) is 0 Å². The molecule has 23 heavy (non-hydrogen) atoms. The molecule has 0 spiro atoms. The summed E-state index contributed by atoms with van der Waals surface area (Å²) in [6, 6.07) is 4.90. The second-order valence-corrected chi connectivity index (χ2v) is 5.59. The van der Waals surface area contributed by atoms with E-state index in [1.807, 2.05) is 0 Å². The van der Waals surface area contributed by atoms with Gasteiger partial charge in [0.2, 0.25) is 0 Å². The number of thioether (sulfide) groups is 1. The summed E-state index contributed by atoms with van der Waals surface area (Å²) in [7, 11) is 0. The molecule has 0 saturated carbocycles. The van der Waals surface area contributed by atoms with Gasteiger partial charge in [0, 0.05) is 0 Å². The number of rotatable bonds is 2. The van der Waals surface area contributed by atoms with Gasteiger partial charge in [0.05, 0.1) is 22.8 Å². The third kappa shape index (κ3) is 3.08. The molecule has 2 aliphatic rings. The number of hydrogen-bond acceptors (Lipinski definition) is 4. The predicted molar refractivity (Wildman–Crippen MR) is 70.7 cm³/mol. The molecular weight excluding hydrogens is 342 g/mol. The van der Waals surface area contributed by atoms with E-state index in [0.29, 0.717) is 0 Å². The van der Waals surface area contributed by atoms with Crippen LogP contribution in [0.1, 0.15) is 11.1 Å². The molecule has 1 saturated heterocycles. The largest absolute Gasteiger partial charge is 1.00 e. The molecule has 0 N–H and O–H groups in total. The first-order chi connectivity index (χ1) is 10.3. The van der Waals surface area contributed by atoms with Crippen molar-refractivity contribution in [3.8, 4) is 0 Å². The van der Waals surface area contributed by atoms with Gasteiger partial charge in [-0.3, -0.25) is 9.69 Å². The van der Waals surface area contributed by atoms with E-state index in [0.717, 1.165) is 28.8 Å². The summed E-state index contributed by atoms with van der Waals surface area (Å²) in [5, 5.41) is 11.5. The summed E-state index contributed by atoms with van der Waals surface area (Å²) in [5.74, 6) is -2.11. The summed E-state index contributed by atoms with van der Waals surface area (Å²) >= 11 is 1.05. The topological polar surface area (TPSA) is 60.4 Å². The Labute approximate surface area is 155 Å². The summed E-state index contributed by atoms with van der Waals surface area (Å²) in [6.45, 7) is 0. The molecule has 1 amide bonds. The number of alkyl halides is 3. The normalized spacial score (nSPS) is 21.4. The van der Waals surface area contributed by atoms with E-state index < -0.39 is 29.0 Å². The number of hydrogen-bond donors (Lipinski definition) is 0. The number of aliphatic carboxylic acids is 1. The van der Waals surface area contributed by atoms with Crippen LogP contribution >= 0.6 is 11.8 Å². The Bertz CT molecular complexity index is 745. The zero-order valence-electron chi connectivity index (χ0n) is 11.8. The second-order valence-electron chi connectivity index (χ2n) is 4.64. The zero-order chi connectivity index (χ0) is 16.1. The Balaban J connectivity index is 0.00000192. The van der Waals surface area contributed by atoms with Crippen molar-refractivity contribution in [3.05, 3.63) is 52.1 Å². The van der Waals surface area contributed by atoms with Gasteiger partial charge in [-0.05, 0) is 23.1 Å². The van der Waals surface area contributed by atoms with Gasteiger partial charge in [0.1, 0.15) is 5.37 Å². The molecule has 114 valence electrons. The molecule has 4 nitrogen and oxygen atoms in total. The molecule has 2 aliphatic heterocycles. The number of carboxylic acids is 1. The first-order valence-electron chi connectivity index (χ1n) is 6.09. The number of fused-ring (bicyclic) bond motifs is 1. The summed E-state index contributed by atoms with van der Waals surface area (Å²) in [5.41, 5.74) is -1.10. The average molecular weight is 349 g/mol. The monoisotopic (exact) mass is 349 g/mol. The smallest absolute Gasteiger partial charge is 0.543 e. The molecule has 1 fully saturated rings. The maximum Gasteiger partial charge on any atom is 1.00 e. The third-order valence-corrected chi connectivity index (χ3v) is 4.40. The minimum Gasteiger partial charge on any atom is -0.543 e. The van der Waals surface area contributed by atoms with Gasteiger partial charge in [0.15, 0.2) is 0 Å². The molecule has 0 aliphatic carbocycles. The maximum atomic E-state index is 12.9. The van der Waals surface area contributed by atoms with Crippen LogP contribution in [0.15, 0.2) is 40.9 Å². The molecule has 0 aromatic heterocycles. The van der Waals surface area contributed by atoms with Crippen LogP contribution in [-0.4, -0.2) is 22.2 Å². The Morgan fingerprint density at radius 2 is 1.96 bits per heavy atom. The molecule has 0 bridgehead atoms. The number of carboxylic acid groups (broad SMARTS) is 1. The third-order valence-electron chi connectivity index (χ3n) is 3.32. The van der Waals surface area contributed by atoms with Crippen molar-refractivity contribution in [1.29, 1.82) is 0 Å². The average Bonchev–Trinajstić information content (AvgIpc) is 2.84. The van der Waals surface area contributed by atoms with Gasteiger partial charge >= 0.3 is 35.7 Å². The molecule has 0 radical (unpaired) electrons. The van der Waals surface area contributed by atoms with Crippen LogP contribution in [0.4, 0.5) is 13.2 Å². The Kier molecular flexibility index (Phi) is 5.00. The van der Waals surface area contributed by atoms with Crippen molar-refractivity contribution in [1.82, 2.24) is 4.90 Å². The summed E-state index contributed by atoms with van der Waals surface area (Å²) in [4.78, 5) is 23.8. The zero-order valence-corrected chi connectivity index (χ0v) is 14.6. The van der Waals surface area contributed by atoms with Crippen molar-refractivity contribution in [2.45, 2.75) is 11.6 Å². The van der Waals surface area contributed by atoms with Crippen molar-refractivity contribution < 1.29 is 57.4 Å². The minimum absolute atomic E-state index is 0. The summed E-state index contributed by atoms with van der Waals surface area (Å²) in [6.07, 6.45) is -3.37. The van der Waals surface area contributed by atoms with Crippen LogP contribution < -0.4 is 34.7 Å². The number of carbonyl (C=O) groups is 2. The standard InChI is InChI=1S/C14H8F3NO3S.Na/c15-14(16,17)9-4-2-1-3-7(9)5-8-11(19)18-10(13(20)21)6-22-12(8)18;/h1-6,12H,(H,20,21);/q;+1/p-1/b8-5-;/t12-;/m1./s1. The van der Waals surface area contributed by atoms with Crippen molar-refractivity contribution in [3.63, 3.8) is 0 Å². The van der Waals surface area contributed by atoms with Gasteiger partial charge in [-0.1, -0.05) is 18.2 Å². The summed E-state index contributed by atoms with van der Waals surface area (Å²) < 4.78 is 38.8. The predicted octanol–water partition coefficient (Wildman–Crippen LogP) is -1.40. The van der Waals surface area contributed by atoms with Crippen molar-refractivity contribution in [2.75, 3.05) is 0 Å². The quantitative estimate of drug-likeness (QED) is 0.374. The Morgan fingerprint density at radius 3 is 2.57 bits per heavy atom. The van der Waals surface area contributed by atoms with Gasteiger partial charge in [-0.25, -0.2) is 0 Å². The molecule has 1 aromatic rings. The van der Waals surface area contributed by atoms with E-state index in [2.05, 4.69) is 0 Å². The van der Waals surface area contributed by atoms with E-state index in [4.69, 9.17) is 0 Å². The molecule has 1 atom stereocenters. The van der Waals surface area contributed by atoms with E-state index in [1.165, 1.54) is 23.6 Å². The van der Waals surface area contributed by atoms with E-state index in [9.17, 15) is 27.9 Å². The number of nitrogens with zero attached hydrogens (tertiary/aromatic N) is 1. The van der Waals surface area contributed by atoms with E-state index in [1.54, 1.807) is 0 Å². The first-order valence-corrected chi connectivity index (χ1v) is 7.03. The van der Waals surface area contributed by atoms with Crippen LogP contribution in [0.25, 0.3) is 6.08 Å². The van der Waals surface area contributed by atoms with E-state index >= 15 is 0 Å². The fourth-order valence-electron chi connectivity index (χ4n) is 2.31. The van der Waals surface area contributed by atoms with Gasteiger partial charge in [-0.2, -0.15) is 13.2 Å². The second kappa shape index (κ2) is 6.35. The number of amides is 1. The minimum atomic E-state index is -4.53. The maximum absolute atomic E-state index is 12.9. The number of halogens is 3. The SMILES string of the molecule is O=C([O-])C1=CS[C@@H]2/C(=C\c3ccccc3C(F)(F)F)C(=O)N12.[Na+]. The van der Waals surface area contributed by atoms with Gasteiger partial charge < -0.3 is 9.90 Å². The van der Waals surface area contributed by atoms with Crippen LogP contribution in [0.2, 0.25) is 0 Å². The van der Waals surface area contributed by atoms with Gasteiger partial charge in [-0.15, -0.1) is 11.8 Å². The molecule has 3 rings (SSSR count). The fourth-order valence-corrected chi connectivity index (χ4v) is 3.42. The number of carbonyl (C=O) groups excluding carboxylic acids is 2. The van der Waals surface area contributed by atoms with Crippen LogP contribution in [-0.2, 0) is 15.8 Å². The molecule has 0 unspecified atom stereocenters. The number of benzene rings is 1. The van der Waals surface area contributed by atoms with Crippen molar-refractivity contribution >= 4 is 29.7 Å². The number of β-lactam (4-membered cyclic amide) rings is 1. The molecule has 2 heterocycles. The fraction of sp³-hybridized carbons (Fsp3) is 0.143. The van der Waals surface area contributed by atoms with Gasteiger partial charge in [0.25, 0.3) is 5.91 Å². The van der Waals surface area contributed by atoms with E-state index in [-0.39, 0.29) is 46.4 Å². The molecular formula is C14H7F3NNaO3S. The Hall–Kier alpha value is -1.22. The first kappa shape index (κ1) is 18.1. The Morgan fingerprint density at radius 1 is 1.30 bits per heavy atom. The van der Waals surface area contributed by atoms with Crippen LogP contribution in [0.5, 0.6) is 0 Å². The van der Waals surface area contributed by atoms with Crippen molar-refractivity contribution in [2.24, 2.45) is 0 Å². The molecule has 1 aromatic carbocycles. The molecule has 9 heteroatoms. The van der Waals surface area contributed by atoms with Crippen LogP contribution in [0.3, 0.4) is 0 Å².